The lowest BCUT2D eigenvalue weighted by Gasteiger charge is -2.33. The number of aryl methyl sites for hydroxylation is 2. The van der Waals surface area contributed by atoms with Crippen molar-refractivity contribution in [3.63, 3.8) is 0 Å². The number of nitriles is 1. The lowest BCUT2D eigenvalue weighted by molar-refractivity contribution is 0.141. The van der Waals surface area contributed by atoms with E-state index in [1.54, 1.807) is 11.6 Å². The molecule has 0 aliphatic carbocycles. The molecule has 2 aliphatic heterocycles. The Balaban J connectivity index is 1.31. The fourth-order valence-corrected chi connectivity index (χ4v) is 5.38. The van der Waals surface area contributed by atoms with Crippen LogP contribution in [0.2, 0.25) is 0 Å². The first-order valence-corrected chi connectivity index (χ1v) is 12.4. The van der Waals surface area contributed by atoms with E-state index in [4.69, 9.17) is 18.9 Å². The summed E-state index contributed by atoms with van der Waals surface area (Å²) in [4.78, 5) is 20.1. The zero-order valence-electron chi connectivity index (χ0n) is 20.5. The summed E-state index contributed by atoms with van der Waals surface area (Å²) in [7, 11) is 1.71. The van der Waals surface area contributed by atoms with Crippen LogP contribution >= 0.6 is 0 Å². The highest BCUT2D eigenvalue weighted by Crippen LogP contribution is 2.36. The van der Waals surface area contributed by atoms with Crippen LogP contribution in [0, 0.1) is 18.3 Å². The van der Waals surface area contributed by atoms with Crippen LogP contribution < -0.4 is 15.2 Å². The van der Waals surface area contributed by atoms with Crippen LogP contribution in [0.3, 0.4) is 0 Å². The van der Waals surface area contributed by atoms with Crippen molar-refractivity contribution in [1.29, 1.82) is 5.26 Å². The van der Waals surface area contributed by atoms with Crippen molar-refractivity contribution in [2.45, 2.75) is 38.2 Å². The Kier molecular flexibility index (Phi) is 5.65. The van der Waals surface area contributed by atoms with Crippen molar-refractivity contribution in [3.05, 3.63) is 63.8 Å². The molecule has 2 aliphatic rings. The molecule has 4 aromatic rings. The van der Waals surface area contributed by atoms with E-state index in [1.807, 2.05) is 43.3 Å². The second-order valence-electron chi connectivity index (χ2n) is 9.77. The Morgan fingerprint density at radius 3 is 2.72 bits per heavy atom. The van der Waals surface area contributed by atoms with Crippen LogP contribution in [-0.2, 0) is 11.8 Å². The van der Waals surface area contributed by atoms with Gasteiger partial charge in [-0.15, -0.1) is 0 Å². The van der Waals surface area contributed by atoms with Crippen LogP contribution in [0.4, 0.5) is 5.69 Å². The second-order valence-corrected chi connectivity index (χ2v) is 9.77. The number of pyridine rings is 1. The Morgan fingerprint density at radius 1 is 1.14 bits per heavy atom. The maximum absolute atomic E-state index is 13.2. The molecule has 4 heterocycles. The van der Waals surface area contributed by atoms with Gasteiger partial charge in [0.05, 0.1) is 24.4 Å². The number of aromatic nitrogens is 2. The first-order chi connectivity index (χ1) is 17.5. The van der Waals surface area contributed by atoms with Gasteiger partial charge < -0.3 is 23.4 Å². The van der Waals surface area contributed by atoms with Gasteiger partial charge in [-0.05, 0) is 49.6 Å². The smallest absolute Gasteiger partial charge is 0.270 e. The number of fused-ring (bicyclic) bond motifs is 2. The summed E-state index contributed by atoms with van der Waals surface area (Å²) >= 11 is 0. The topological polar surface area (TPSA) is 93.5 Å². The summed E-state index contributed by atoms with van der Waals surface area (Å²) in [6, 6.07) is 14.0. The molecular formula is C28H28N4O4. The Bertz CT molecular complexity index is 1550. The average Bonchev–Trinajstić information content (AvgIpc) is 3.56. The van der Waals surface area contributed by atoms with Gasteiger partial charge >= 0.3 is 0 Å². The molecule has 2 aromatic carbocycles. The van der Waals surface area contributed by atoms with E-state index in [0.717, 1.165) is 52.7 Å². The van der Waals surface area contributed by atoms with Gasteiger partial charge in [-0.3, -0.25) is 4.79 Å². The Morgan fingerprint density at radius 2 is 1.97 bits per heavy atom. The highest BCUT2D eigenvalue weighted by atomic mass is 16.5. The van der Waals surface area contributed by atoms with Crippen LogP contribution in [0.5, 0.6) is 5.75 Å². The number of rotatable bonds is 4. The number of ether oxygens (including phenoxy) is 2. The first kappa shape index (κ1) is 22.6. The standard InChI is InChI=1S/C28H28N4O4/c1-17-3-6-25-23(13-17)30-27(36-25)18-7-10-32(11-8-18)26-21-5-4-19(35-20-9-12-34-16-20)14-24(21)31(2)28(33)22(26)15-29/h3-6,13-14,18,20H,7-12,16H2,1-2H3/t20-/m1/s1. The van der Waals surface area contributed by atoms with Crippen molar-refractivity contribution in [1.82, 2.24) is 9.55 Å². The normalized spacial score (nSPS) is 18.7. The summed E-state index contributed by atoms with van der Waals surface area (Å²) in [5.74, 6) is 1.67. The predicted octanol–water partition coefficient (Wildman–Crippen LogP) is 4.41. The van der Waals surface area contributed by atoms with Crippen molar-refractivity contribution in [2.75, 3.05) is 31.2 Å². The van der Waals surface area contributed by atoms with Crippen LogP contribution in [0.25, 0.3) is 22.0 Å². The highest BCUT2D eigenvalue weighted by Gasteiger charge is 2.29. The van der Waals surface area contributed by atoms with Crippen LogP contribution in [0.1, 0.15) is 42.2 Å². The fraction of sp³-hybridized carbons (Fsp3) is 0.393. The van der Waals surface area contributed by atoms with Crippen LogP contribution in [0.15, 0.2) is 45.6 Å². The van der Waals surface area contributed by atoms with E-state index in [0.29, 0.717) is 37.7 Å². The summed E-state index contributed by atoms with van der Waals surface area (Å²) in [6.07, 6.45) is 2.53. The largest absolute Gasteiger partial charge is 0.488 e. The lowest BCUT2D eigenvalue weighted by Crippen LogP contribution is -2.35. The molecule has 1 atom stereocenters. The molecule has 2 fully saturated rings. The molecule has 8 nitrogen and oxygen atoms in total. The minimum atomic E-state index is -0.294. The van der Waals surface area contributed by atoms with Gasteiger partial charge in [-0.1, -0.05) is 6.07 Å². The Hall–Kier alpha value is -3.83. The molecule has 6 rings (SSSR count). The lowest BCUT2D eigenvalue weighted by atomic mass is 9.95. The molecule has 0 N–H and O–H groups in total. The molecule has 36 heavy (non-hydrogen) atoms. The van der Waals surface area contributed by atoms with Gasteiger partial charge in [-0.2, -0.15) is 5.26 Å². The molecule has 0 amide bonds. The molecule has 0 spiro atoms. The number of anilines is 1. The maximum atomic E-state index is 13.2. The number of benzene rings is 2. The minimum absolute atomic E-state index is 0.0205. The van der Waals surface area contributed by atoms with Gasteiger partial charge in [-0.25, -0.2) is 4.98 Å². The van der Waals surface area contributed by atoms with Gasteiger partial charge in [0.15, 0.2) is 11.5 Å². The predicted molar refractivity (Wildman–Crippen MR) is 137 cm³/mol. The third-order valence-electron chi connectivity index (χ3n) is 7.36. The van der Waals surface area contributed by atoms with E-state index in [-0.39, 0.29) is 23.1 Å². The van der Waals surface area contributed by atoms with E-state index < -0.39 is 0 Å². The Labute approximate surface area is 208 Å². The molecule has 0 bridgehead atoms. The quantitative estimate of drug-likeness (QED) is 0.423. The van der Waals surface area contributed by atoms with Crippen molar-refractivity contribution < 1.29 is 13.9 Å². The average molecular weight is 485 g/mol. The van der Waals surface area contributed by atoms with Crippen molar-refractivity contribution in [3.8, 4) is 11.8 Å². The SMILES string of the molecule is Cc1ccc2oc(C3CCN(c4c(C#N)c(=O)n(C)c5cc(O[C@@H]6CCOC6)ccc45)CC3)nc2c1. The number of hydrogen-bond donors (Lipinski definition) is 0. The maximum Gasteiger partial charge on any atom is 0.270 e. The van der Waals surface area contributed by atoms with Gasteiger partial charge in [0, 0.05) is 43.9 Å². The third-order valence-corrected chi connectivity index (χ3v) is 7.36. The number of oxazole rings is 1. The molecule has 0 saturated carbocycles. The summed E-state index contributed by atoms with van der Waals surface area (Å²) < 4.78 is 19.1. The van der Waals surface area contributed by atoms with E-state index in [9.17, 15) is 10.1 Å². The van der Waals surface area contributed by atoms with Gasteiger partial charge in [0.25, 0.3) is 5.56 Å². The zero-order chi connectivity index (χ0) is 24.8. The monoisotopic (exact) mass is 484 g/mol. The number of nitrogens with zero attached hydrogens (tertiary/aromatic N) is 4. The highest BCUT2D eigenvalue weighted by molar-refractivity contribution is 5.95. The molecule has 2 aromatic heterocycles. The van der Waals surface area contributed by atoms with E-state index in [1.165, 1.54) is 0 Å². The fourth-order valence-electron chi connectivity index (χ4n) is 5.38. The second kappa shape index (κ2) is 8.99. The molecule has 184 valence electrons. The minimum Gasteiger partial charge on any atom is -0.488 e. The molecule has 2 saturated heterocycles. The first-order valence-electron chi connectivity index (χ1n) is 12.4. The number of hydrogen-bond acceptors (Lipinski definition) is 7. The van der Waals surface area contributed by atoms with E-state index >= 15 is 0 Å². The van der Waals surface area contributed by atoms with Crippen molar-refractivity contribution in [2.24, 2.45) is 7.05 Å². The van der Waals surface area contributed by atoms with Gasteiger partial charge in [0.2, 0.25) is 0 Å². The molecule has 8 heteroatoms. The summed E-state index contributed by atoms with van der Waals surface area (Å²) in [6.45, 7) is 4.73. The molecule has 0 unspecified atom stereocenters. The molecular weight excluding hydrogens is 456 g/mol. The van der Waals surface area contributed by atoms with Gasteiger partial charge in [0.1, 0.15) is 29.0 Å². The van der Waals surface area contributed by atoms with Crippen LogP contribution in [-0.4, -0.2) is 42.0 Å². The third kappa shape index (κ3) is 3.90. The molecule has 0 radical (unpaired) electrons. The number of piperidine rings is 1. The van der Waals surface area contributed by atoms with Crippen molar-refractivity contribution >= 4 is 27.7 Å². The summed E-state index contributed by atoms with van der Waals surface area (Å²) in [5, 5.41) is 10.8. The zero-order valence-corrected chi connectivity index (χ0v) is 20.5. The summed E-state index contributed by atoms with van der Waals surface area (Å²) in [5.41, 5.74) is 4.20. The van der Waals surface area contributed by atoms with E-state index in [2.05, 4.69) is 11.0 Å².